The Morgan fingerprint density at radius 2 is 2.04 bits per heavy atom. The molecule has 7 heteroatoms. The van der Waals surface area contributed by atoms with Gasteiger partial charge in [-0.05, 0) is 42.9 Å². The molecule has 25 heavy (non-hydrogen) atoms. The Balaban J connectivity index is 1.77. The van der Waals surface area contributed by atoms with Crippen molar-refractivity contribution < 1.29 is 4.79 Å². The molecule has 3 heterocycles. The fourth-order valence-electron chi connectivity index (χ4n) is 2.96. The first-order valence-electron chi connectivity index (χ1n) is 7.76. The van der Waals surface area contributed by atoms with E-state index in [0.29, 0.717) is 16.5 Å². The molecule has 0 bridgehead atoms. The van der Waals surface area contributed by atoms with Crippen LogP contribution in [0, 0.1) is 6.92 Å². The third kappa shape index (κ3) is 2.58. The van der Waals surface area contributed by atoms with E-state index in [1.807, 2.05) is 50.4 Å². The Bertz CT molecular complexity index is 1050. The number of hydrogen-bond acceptors (Lipinski definition) is 4. The van der Waals surface area contributed by atoms with Gasteiger partial charge in [0.2, 0.25) is 0 Å². The minimum Gasteiger partial charge on any atom is -0.327 e. The molecule has 0 aliphatic carbocycles. The number of thiocarbonyl (C=S) groups is 1. The van der Waals surface area contributed by atoms with Crippen molar-refractivity contribution in [3.8, 4) is 0 Å². The minimum atomic E-state index is -0.193. The number of nitrogens with one attached hydrogen (secondary N) is 1. The quantitative estimate of drug-likeness (QED) is 0.569. The summed E-state index contributed by atoms with van der Waals surface area (Å²) in [5.41, 5.74) is 3.66. The minimum absolute atomic E-state index is 0.193. The van der Waals surface area contributed by atoms with Crippen molar-refractivity contribution in [2.45, 2.75) is 6.92 Å². The first-order valence-corrected chi connectivity index (χ1v) is 8.16. The first-order chi connectivity index (χ1) is 12.0. The normalized spacial score (nSPS) is 16.1. The molecule has 2 aromatic heterocycles. The number of aryl methyl sites for hydroxylation is 2. The molecule has 3 aromatic rings. The van der Waals surface area contributed by atoms with Crippen LogP contribution in [0.4, 0.5) is 5.69 Å². The van der Waals surface area contributed by atoms with E-state index in [4.69, 9.17) is 12.2 Å². The number of carbonyl (C=O) groups excluding carboxylic acids is 1. The second-order valence-corrected chi connectivity index (χ2v) is 6.21. The Hall–Kier alpha value is -3.06. The number of para-hydroxylation sites is 1. The van der Waals surface area contributed by atoms with Gasteiger partial charge in [-0.15, -0.1) is 0 Å². The summed E-state index contributed by atoms with van der Waals surface area (Å²) in [7, 11) is 1.81. The summed E-state index contributed by atoms with van der Waals surface area (Å²) in [6, 6.07) is 9.69. The van der Waals surface area contributed by atoms with Crippen molar-refractivity contribution in [3.05, 3.63) is 59.7 Å². The molecule has 1 aliphatic heterocycles. The molecule has 4 rings (SSSR count). The first kappa shape index (κ1) is 15.5. The maximum Gasteiger partial charge on any atom is 0.281 e. The number of benzene rings is 1. The Labute approximate surface area is 149 Å². The third-order valence-corrected chi connectivity index (χ3v) is 4.37. The molecule has 1 amide bonds. The molecule has 1 aliphatic rings. The molecular weight excluding hydrogens is 334 g/mol. The van der Waals surface area contributed by atoms with E-state index in [2.05, 4.69) is 15.4 Å². The average Bonchev–Trinajstić information content (AvgIpc) is 3.06. The number of fused-ring (bicyclic) bond motifs is 1. The zero-order valence-corrected chi connectivity index (χ0v) is 14.5. The van der Waals surface area contributed by atoms with Gasteiger partial charge in [-0.1, -0.05) is 18.2 Å². The number of nitrogens with zero attached hydrogens (tertiary/aromatic N) is 4. The van der Waals surface area contributed by atoms with E-state index in [9.17, 15) is 4.79 Å². The van der Waals surface area contributed by atoms with Crippen LogP contribution in [-0.2, 0) is 11.8 Å². The molecule has 1 N–H and O–H groups in total. The van der Waals surface area contributed by atoms with Crippen LogP contribution in [-0.4, -0.2) is 25.8 Å². The second-order valence-electron chi connectivity index (χ2n) is 5.82. The van der Waals surface area contributed by atoms with Crippen molar-refractivity contribution in [3.63, 3.8) is 0 Å². The number of carbonyl (C=O) groups is 1. The molecule has 0 saturated carbocycles. The van der Waals surface area contributed by atoms with Crippen LogP contribution >= 0.6 is 12.2 Å². The van der Waals surface area contributed by atoms with Crippen molar-refractivity contribution in [1.29, 1.82) is 0 Å². The lowest BCUT2D eigenvalue weighted by molar-refractivity contribution is -0.113. The Kier molecular flexibility index (Phi) is 3.58. The molecule has 1 fully saturated rings. The predicted octanol–water partition coefficient (Wildman–Crippen LogP) is 2.54. The third-order valence-electron chi connectivity index (χ3n) is 4.09. The number of pyridine rings is 1. The van der Waals surface area contributed by atoms with Gasteiger partial charge in [0.05, 0.1) is 16.9 Å². The lowest BCUT2D eigenvalue weighted by Crippen LogP contribution is -2.30. The summed E-state index contributed by atoms with van der Waals surface area (Å²) in [6.07, 6.45) is 5.33. The number of anilines is 1. The van der Waals surface area contributed by atoms with E-state index in [1.165, 1.54) is 4.90 Å². The molecule has 0 spiro atoms. The summed E-state index contributed by atoms with van der Waals surface area (Å²) >= 11 is 5.36. The van der Waals surface area contributed by atoms with Crippen LogP contribution < -0.4 is 10.2 Å². The molecule has 1 aromatic carbocycles. The van der Waals surface area contributed by atoms with Gasteiger partial charge in [0.25, 0.3) is 5.91 Å². The molecule has 0 unspecified atom stereocenters. The largest absolute Gasteiger partial charge is 0.327 e. The van der Waals surface area contributed by atoms with Gasteiger partial charge in [-0.2, -0.15) is 5.10 Å². The molecule has 0 atom stereocenters. The summed E-state index contributed by atoms with van der Waals surface area (Å²) in [4.78, 5) is 18.7. The smallest absolute Gasteiger partial charge is 0.281 e. The van der Waals surface area contributed by atoms with Crippen molar-refractivity contribution in [1.82, 2.24) is 20.1 Å². The summed E-state index contributed by atoms with van der Waals surface area (Å²) in [6.45, 7) is 1.85. The highest BCUT2D eigenvalue weighted by Gasteiger charge is 2.33. The number of amides is 1. The van der Waals surface area contributed by atoms with Crippen LogP contribution in [0.3, 0.4) is 0 Å². The van der Waals surface area contributed by atoms with Crippen LogP contribution in [0.2, 0.25) is 0 Å². The van der Waals surface area contributed by atoms with Crippen molar-refractivity contribution >= 4 is 45.9 Å². The van der Waals surface area contributed by atoms with Crippen molar-refractivity contribution in [2.75, 3.05) is 4.90 Å². The highest BCUT2D eigenvalue weighted by atomic mass is 32.1. The van der Waals surface area contributed by atoms with Gasteiger partial charge < -0.3 is 5.32 Å². The Morgan fingerprint density at radius 1 is 1.24 bits per heavy atom. The molecular formula is C18H15N5OS. The second kappa shape index (κ2) is 5.78. The molecule has 1 saturated heterocycles. The van der Waals surface area contributed by atoms with Gasteiger partial charge >= 0.3 is 0 Å². The van der Waals surface area contributed by atoms with Gasteiger partial charge in [-0.25, -0.2) is 4.90 Å². The zero-order valence-electron chi connectivity index (χ0n) is 13.7. The lowest BCUT2D eigenvalue weighted by atomic mass is 10.1. The van der Waals surface area contributed by atoms with E-state index < -0.39 is 0 Å². The van der Waals surface area contributed by atoms with E-state index in [1.54, 1.807) is 17.1 Å². The number of hydrogen-bond donors (Lipinski definition) is 1. The maximum absolute atomic E-state index is 12.9. The van der Waals surface area contributed by atoms with E-state index >= 15 is 0 Å². The molecule has 124 valence electrons. The van der Waals surface area contributed by atoms with Crippen LogP contribution in [0.5, 0.6) is 0 Å². The molecule has 6 nitrogen and oxygen atoms in total. The standard InChI is InChI=1S/C18H15N5OS/c1-11-16(10-22(2)21-11)23-17(24)15(20-18(23)25)9-12-7-8-19-14-6-4-3-5-13(12)14/h3-10H,1-2H3,(H,20,25)/b15-9+. The topological polar surface area (TPSA) is 63.1 Å². The zero-order chi connectivity index (χ0) is 17.6. The van der Waals surface area contributed by atoms with E-state index in [-0.39, 0.29) is 5.91 Å². The predicted molar refractivity (Wildman–Crippen MR) is 101 cm³/mol. The monoisotopic (exact) mass is 349 g/mol. The highest BCUT2D eigenvalue weighted by molar-refractivity contribution is 7.80. The van der Waals surface area contributed by atoms with Gasteiger partial charge in [0.1, 0.15) is 5.70 Å². The maximum atomic E-state index is 12.9. The van der Waals surface area contributed by atoms with Gasteiger partial charge in [-0.3, -0.25) is 14.5 Å². The van der Waals surface area contributed by atoms with Crippen LogP contribution in [0.25, 0.3) is 17.0 Å². The van der Waals surface area contributed by atoms with Gasteiger partial charge in [0, 0.05) is 24.8 Å². The van der Waals surface area contributed by atoms with Crippen LogP contribution in [0.15, 0.2) is 48.4 Å². The van der Waals surface area contributed by atoms with Gasteiger partial charge in [0.15, 0.2) is 5.11 Å². The fourth-order valence-corrected chi connectivity index (χ4v) is 3.25. The summed E-state index contributed by atoms with van der Waals surface area (Å²) in [5, 5.41) is 8.63. The number of aromatic nitrogens is 3. The lowest BCUT2D eigenvalue weighted by Gasteiger charge is -2.11. The fraction of sp³-hybridized carbons (Fsp3) is 0.111. The van der Waals surface area contributed by atoms with E-state index in [0.717, 1.165) is 22.2 Å². The summed E-state index contributed by atoms with van der Waals surface area (Å²) < 4.78 is 1.67. The SMILES string of the molecule is Cc1nn(C)cc1N1C(=O)/C(=C\c2ccnc3ccccc23)NC1=S. The highest BCUT2D eigenvalue weighted by Crippen LogP contribution is 2.26. The average molecular weight is 349 g/mol. The Morgan fingerprint density at radius 3 is 2.80 bits per heavy atom. The van der Waals surface area contributed by atoms with Crippen LogP contribution in [0.1, 0.15) is 11.3 Å². The number of rotatable bonds is 2. The summed E-state index contributed by atoms with van der Waals surface area (Å²) in [5.74, 6) is -0.193. The molecule has 0 radical (unpaired) electrons. The van der Waals surface area contributed by atoms with Crippen molar-refractivity contribution in [2.24, 2.45) is 7.05 Å².